The van der Waals surface area contributed by atoms with Gasteiger partial charge < -0.3 is 4.74 Å². The predicted molar refractivity (Wildman–Crippen MR) is 243 cm³/mol. The number of ether oxygens (including phenoxy) is 1. The number of allylic oxidation sites excluding steroid dienone is 9. The van der Waals surface area contributed by atoms with Gasteiger partial charge in [-0.25, -0.2) is 0 Å². The fraction of sp³-hybridized carbons (Fsp3) is 0.714. The van der Waals surface area contributed by atoms with Gasteiger partial charge in [0, 0.05) is 41.0 Å². The lowest BCUT2D eigenvalue weighted by molar-refractivity contribution is -0.0609. The van der Waals surface area contributed by atoms with Gasteiger partial charge in [-0.15, -0.1) is 0 Å². The second kappa shape index (κ2) is 15.6. The smallest absolute Gasteiger partial charge is 0.0987 e. The average molecular weight is 793 g/mol. The van der Waals surface area contributed by atoms with Crippen LogP contribution in [0.2, 0.25) is 0 Å². The number of hydrogen-bond acceptors (Lipinski definition) is 3. The first-order chi connectivity index (χ1) is 29.1. The number of nitrogens with zero attached hydrogens (tertiary/aromatic N) is 2. The topological polar surface area (TPSA) is 15.7 Å². The van der Waals surface area contributed by atoms with Crippen molar-refractivity contribution in [2.75, 3.05) is 0 Å². The molecule has 12 rings (SSSR count). The van der Waals surface area contributed by atoms with Gasteiger partial charge in [0.1, 0.15) is 0 Å². The lowest BCUT2D eigenvalue weighted by atomic mass is 9.55. The summed E-state index contributed by atoms with van der Waals surface area (Å²) < 4.78 is 7.36. The molecule has 15 unspecified atom stereocenters. The molecule has 59 heavy (non-hydrogen) atoms. The highest BCUT2D eigenvalue weighted by Gasteiger charge is 2.69. The van der Waals surface area contributed by atoms with Crippen molar-refractivity contribution in [2.24, 2.45) is 46.8 Å². The van der Waals surface area contributed by atoms with Crippen LogP contribution in [-0.2, 0) is 4.74 Å². The van der Waals surface area contributed by atoms with Gasteiger partial charge in [-0.3, -0.25) is 9.80 Å². The SMILES string of the molecule is CC1(N(C2CCCC3=C2C2CCC=CC2C32C3CC(N(C4C=CC=CC4)C4CC=CCC4)C=CC3C3CCCCC32)C2C=CC=C3C4CCCCC4OC32)CCCCC1. The summed E-state index contributed by atoms with van der Waals surface area (Å²) in [7, 11) is 0. The van der Waals surface area contributed by atoms with Crippen molar-refractivity contribution in [2.45, 2.75) is 203 Å². The lowest BCUT2D eigenvalue weighted by Gasteiger charge is -2.55. The van der Waals surface area contributed by atoms with E-state index in [-0.39, 0.29) is 11.6 Å². The maximum atomic E-state index is 7.36. The largest absolute Gasteiger partial charge is 0.368 e. The van der Waals surface area contributed by atoms with Crippen LogP contribution in [0.25, 0.3) is 0 Å². The van der Waals surface area contributed by atoms with Crippen molar-refractivity contribution in [3.8, 4) is 0 Å². The van der Waals surface area contributed by atoms with Crippen LogP contribution in [0.15, 0.2) is 95.7 Å². The highest BCUT2D eigenvalue weighted by atomic mass is 16.5. The summed E-state index contributed by atoms with van der Waals surface area (Å²) >= 11 is 0. The molecule has 3 nitrogen and oxygen atoms in total. The van der Waals surface area contributed by atoms with Gasteiger partial charge in [-0.2, -0.15) is 0 Å². The van der Waals surface area contributed by atoms with Gasteiger partial charge in [-0.05, 0) is 156 Å². The van der Waals surface area contributed by atoms with E-state index < -0.39 is 0 Å². The summed E-state index contributed by atoms with van der Waals surface area (Å²) in [4.78, 5) is 6.33. The van der Waals surface area contributed by atoms with Gasteiger partial charge in [0.25, 0.3) is 0 Å². The molecule has 1 saturated heterocycles. The van der Waals surface area contributed by atoms with Crippen molar-refractivity contribution in [3.05, 3.63) is 95.7 Å². The molecule has 0 N–H and O–H groups in total. The van der Waals surface area contributed by atoms with Gasteiger partial charge in [0.05, 0.1) is 18.2 Å². The zero-order chi connectivity index (χ0) is 39.1. The van der Waals surface area contributed by atoms with E-state index in [4.69, 9.17) is 4.74 Å². The van der Waals surface area contributed by atoms with Crippen molar-refractivity contribution in [1.82, 2.24) is 9.80 Å². The Morgan fingerprint density at radius 2 is 1.54 bits per heavy atom. The third-order valence-corrected chi connectivity index (χ3v) is 19.8. The zero-order valence-electron chi connectivity index (χ0n) is 36.7. The summed E-state index contributed by atoms with van der Waals surface area (Å²) in [6, 6.07) is 2.64. The second-order valence-electron chi connectivity index (χ2n) is 22.3. The first-order valence-corrected chi connectivity index (χ1v) is 25.8. The monoisotopic (exact) mass is 793 g/mol. The summed E-state index contributed by atoms with van der Waals surface area (Å²) in [5.41, 5.74) is 6.30. The first kappa shape index (κ1) is 38.5. The molecule has 5 fully saturated rings. The van der Waals surface area contributed by atoms with Crippen LogP contribution in [0.5, 0.6) is 0 Å². The molecule has 12 aliphatic rings. The van der Waals surface area contributed by atoms with Gasteiger partial charge in [0.15, 0.2) is 0 Å². The van der Waals surface area contributed by atoms with Crippen LogP contribution in [0.3, 0.4) is 0 Å². The van der Waals surface area contributed by atoms with Crippen LogP contribution in [-0.4, -0.2) is 57.8 Å². The molecule has 1 aliphatic heterocycles. The summed E-state index contributed by atoms with van der Waals surface area (Å²) in [6.07, 6.45) is 65.5. The Morgan fingerprint density at radius 3 is 2.42 bits per heavy atom. The van der Waals surface area contributed by atoms with Crippen LogP contribution in [0.4, 0.5) is 0 Å². The minimum atomic E-state index is 0.226. The molecule has 0 aromatic heterocycles. The molecule has 0 radical (unpaired) electrons. The number of fused-ring (bicyclic) bond motifs is 12. The van der Waals surface area contributed by atoms with Crippen LogP contribution < -0.4 is 0 Å². The Balaban J connectivity index is 0.984. The molecular weight excluding hydrogens is 717 g/mol. The maximum absolute atomic E-state index is 7.36. The van der Waals surface area contributed by atoms with E-state index in [9.17, 15) is 0 Å². The van der Waals surface area contributed by atoms with E-state index in [0.717, 1.165) is 29.6 Å². The highest BCUT2D eigenvalue weighted by molar-refractivity contribution is 5.47. The molecule has 1 heterocycles. The minimum absolute atomic E-state index is 0.226. The van der Waals surface area contributed by atoms with Gasteiger partial charge in [0.2, 0.25) is 0 Å². The normalized spacial score (nSPS) is 46.6. The molecule has 3 heteroatoms. The Morgan fingerprint density at radius 1 is 0.661 bits per heavy atom. The molecule has 0 aromatic rings. The molecule has 15 atom stereocenters. The Bertz CT molecular complexity index is 1850. The molecule has 0 amide bonds. The fourth-order valence-corrected chi connectivity index (χ4v) is 17.9. The van der Waals surface area contributed by atoms with Crippen LogP contribution in [0, 0.1) is 46.8 Å². The molecule has 0 bridgehead atoms. The predicted octanol–water partition coefficient (Wildman–Crippen LogP) is 12.9. The molecule has 0 aromatic carbocycles. The summed E-state index contributed by atoms with van der Waals surface area (Å²) in [6.45, 7) is 2.74. The second-order valence-corrected chi connectivity index (χ2v) is 22.3. The van der Waals surface area contributed by atoms with Gasteiger partial charge in [-0.1, -0.05) is 130 Å². The third kappa shape index (κ3) is 6.02. The van der Waals surface area contributed by atoms with Crippen molar-refractivity contribution in [1.29, 1.82) is 0 Å². The van der Waals surface area contributed by atoms with E-state index in [1.54, 1.807) is 5.57 Å². The van der Waals surface area contributed by atoms with E-state index in [1.165, 1.54) is 148 Å². The summed E-state index contributed by atoms with van der Waals surface area (Å²) in [5.74, 6) is 5.31. The van der Waals surface area contributed by atoms with E-state index >= 15 is 0 Å². The molecule has 4 saturated carbocycles. The van der Waals surface area contributed by atoms with Crippen molar-refractivity contribution in [3.63, 3.8) is 0 Å². The van der Waals surface area contributed by atoms with E-state index in [0.29, 0.717) is 53.6 Å². The molecule has 11 aliphatic carbocycles. The van der Waals surface area contributed by atoms with E-state index in [2.05, 4.69) is 101 Å². The Kier molecular flexibility index (Phi) is 10.1. The minimum Gasteiger partial charge on any atom is -0.368 e. The number of rotatable bonds is 6. The Hall–Kier alpha value is -2.20. The van der Waals surface area contributed by atoms with Gasteiger partial charge >= 0.3 is 0 Å². The van der Waals surface area contributed by atoms with Crippen LogP contribution in [0.1, 0.15) is 155 Å². The van der Waals surface area contributed by atoms with Crippen LogP contribution >= 0.6 is 0 Å². The number of hydrogen-bond donors (Lipinski definition) is 0. The fourth-order valence-electron chi connectivity index (χ4n) is 17.9. The Labute approximate surface area is 358 Å². The molecule has 316 valence electrons. The first-order valence-electron chi connectivity index (χ1n) is 25.8. The standard InChI is InChI=1S/C56H76N2O/c1-55(35-15-4-16-36-55)58(51-31-17-26-44-43-24-11-14-32-52(43)59-54(44)51)50-30-18-29-48-53(50)45-25-10-13-28-47(45)56(48)46-27-12-9-23-41(46)42-34-33-40(37-49(42)56)57(38-19-5-2-6-20-38)39-21-7-3-8-22-39/h2-3,5-7,13,17,19,26,28,31,33-34,38-43,45-47,49-52,54H,4,8-12,14-16,18,20-25,27,29-30,32,35-37H2,1H3. The lowest BCUT2D eigenvalue weighted by Crippen LogP contribution is -2.61. The average Bonchev–Trinajstić information content (AvgIpc) is 3.92. The molecular formula is C56H76N2O. The van der Waals surface area contributed by atoms with Crippen molar-refractivity contribution >= 4 is 0 Å². The summed E-state index contributed by atoms with van der Waals surface area (Å²) in [5, 5.41) is 0. The molecule has 1 spiro atoms. The van der Waals surface area contributed by atoms with Crippen molar-refractivity contribution < 1.29 is 4.74 Å². The van der Waals surface area contributed by atoms with E-state index in [1.807, 2.05) is 5.57 Å². The highest BCUT2D eigenvalue weighted by Crippen LogP contribution is 2.75. The third-order valence-electron chi connectivity index (χ3n) is 19.8. The maximum Gasteiger partial charge on any atom is 0.0987 e. The quantitative estimate of drug-likeness (QED) is 0.249. The zero-order valence-corrected chi connectivity index (χ0v) is 36.7.